The molecule has 2 saturated heterocycles. The van der Waals surface area contributed by atoms with Crippen molar-refractivity contribution in [3.63, 3.8) is 0 Å². The van der Waals surface area contributed by atoms with Gasteiger partial charge in [-0.1, -0.05) is 24.4 Å². The van der Waals surface area contributed by atoms with Crippen molar-refractivity contribution in [2.24, 2.45) is 5.73 Å². The van der Waals surface area contributed by atoms with E-state index in [1.165, 1.54) is 4.90 Å². The van der Waals surface area contributed by atoms with E-state index in [-0.39, 0.29) is 16.8 Å². The second-order valence-electron chi connectivity index (χ2n) is 4.62. The second kappa shape index (κ2) is 4.40. The van der Waals surface area contributed by atoms with Crippen LogP contribution in [0.15, 0.2) is 24.3 Å². The third-order valence-electron chi connectivity index (χ3n) is 3.40. The Kier molecular flexibility index (Phi) is 2.83. The summed E-state index contributed by atoms with van der Waals surface area (Å²) >= 11 is 4.91. The number of fused-ring (bicyclic) bond motifs is 2. The van der Waals surface area contributed by atoms with Gasteiger partial charge in [0, 0.05) is 5.56 Å². The van der Waals surface area contributed by atoms with Crippen molar-refractivity contribution in [3.8, 4) is 0 Å². The first-order chi connectivity index (χ1) is 9.08. The number of amides is 2. The summed E-state index contributed by atoms with van der Waals surface area (Å²) in [6, 6.07) is 6.82. The van der Waals surface area contributed by atoms with Gasteiger partial charge in [-0.15, -0.1) is 0 Å². The molecule has 2 amide bonds. The lowest BCUT2D eigenvalue weighted by Gasteiger charge is -2.30. The van der Waals surface area contributed by atoms with Gasteiger partial charge in [0.25, 0.3) is 11.8 Å². The largest absolute Gasteiger partial charge is 0.389 e. The van der Waals surface area contributed by atoms with Gasteiger partial charge >= 0.3 is 0 Å². The molecule has 1 aromatic carbocycles. The molecule has 98 valence electrons. The number of benzene rings is 1. The number of nitrogens with zero attached hydrogens (tertiary/aromatic N) is 1. The zero-order chi connectivity index (χ0) is 13.6. The van der Waals surface area contributed by atoms with E-state index in [1.807, 2.05) is 0 Å². The highest BCUT2D eigenvalue weighted by Gasteiger charge is 2.47. The highest BCUT2D eigenvalue weighted by atomic mass is 32.1. The first kappa shape index (κ1) is 12.3. The van der Waals surface area contributed by atoms with Crippen LogP contribution in [-0.2, 0) is 14.3 Å². The summed E-state index contributed by atoms with van der Waals surface area (Å²) in [5.41, 5.74) is 6.70. The molecule has 2 atom stereocenters. The zero-order valence-corrected chi connectivity index (χ0v) is 10.9. The molecule has 6 heteroatoms. The van der Waals surface area contributed by atoms with Gasteiger partial charge in [-0.05, 0) is 25.0 Å². The number of thiocarbonyl (C=S) groups is 1. The number of carbonyl (C=O) groups excluding carboxylic acids is 2. The summed E-state index contributed by atoms with van der Waals surface area (Å²) in [5.74, 6) is -0.613. The lowest BCUT2D eigenvalue weighted by atomic mass is 10.1. The minimum Gasteiger partial charge on any atom is -0.389 e. The summed E-state index contributed by atoms with van der Waals surface area (Å²) in [4.78, 5) is 25.8. The predicted octanol–water partition coefficient (Wildman–Crippen LogP) is 0.742. The van der Waals surface area contributed by atoms with Crippen LogP contribution in [0.2, 0.25) is 0 Å². The summed E-state index contributed by atoms with van der Waals surface area (Å²) < 4.78 is 5.36. The van der Waals surface area contributed by atoms with Crippen molar-refractivity contribution in [2.75, 3.05) is 4.90 Å². The molecule has 19 heavy (non-hydrogen) atoms. The van der Waals surface area contributed by atoms with E-state index in [0.717, 1.165) is 0 Å². The van der Waals surface area contributed by atoms with Gasteiger partial charge in [0.2, 0.25) is 0 Å². The summed E-state index contributed by atoms with van der Waals surface area (Å²) in [6.45, 7) is 0. The van der Waals surface area contributed by atoms with Gasteiger partial charge in [0.15, 0.2) is 0 Å². The van der Waals surface area contributed by atoms with E-state index in [9.17, 15) is 9.59 Å². The smallest absolute Gasteiger partial charge is 0.262 e. The van der Waals surface area contributed by atoms with Gasteiger partial charge in [-0.25, -0.2) is 4.90 Å². The fourth-order valence-electron chi connectivity index (χ4n) is 2.45. The van der Waals surface area contributed by atoms with Gasteiger partial charge in [0.05, 0.1) is 5.69 Å². The van der Waals surface area contributed by atoms with E-state index in [1.54, 1.807) is 24.3 Å². The topological polar surface area (TPSA) is 72.6 Å². The minimum atomic E-state index is -0.504. The van der Waals surface area contributed by atoms with Crippen LogP contribution in [0.4, 0.5) is 5.69 Å². The second-order valence-corrected chi connectivity index (χ2v) is 5.06. The molecule has 2 bridgehead atoms. The maximum atomic E-state index is 12.2. The molecule has 2 aliphatic rings. The molecule has 2 heterocycles. The van der Waals surface area contributed by atoms with Crippen molar-refractivity contribution in [1.82, 2.24) is 0 Å². The Hall–Kier alpha value is -1.79. The average Bonchev–Trinajstić information content (AvgIpc) is 2.84. The molecule has 3 rings (SSSR count). The summed E-state index contributed by atoms with van der Waals surface area (Å²) in [5, 5.41) is 0. The van der Waals surface area contributed by atoms with Crippen molar-refractivity contribution in [1.29, 1.82) is 0 Å². The third-order valence-corrected chi connectivity index (χ3v) is 3.64. The molecule has 0 radical (unpaired) electrons. The van der Waals surface area contributed by atoms with Crippen LogP contribution < -0.4 is 10.6 Å². The Morgan fingerprint density at radius 2 is 1.89 bits per heavy atom. The molecule has 1 aromatic rings. The number of anilines is 1. The van der Waals surface area contributed by atoms with Crippen LogP contribution in [0.25, 0.3) is 0 Å². The normalized spacial score (nSPS) is 25.8. The standard InChI is InChI=1S/C13H12N2O3S/c14-11(19)7-2-1-3-8(6-7)15-12(16)9-4-5-10(18-9)13(15)17/h1-3,6,9-10H,4-5H2,(H2,14,19). The van der Waals surface area contributed by atoms with E-state index >= 15 is 0 Å². The third kappa shape index (κ3) is 1.93. The lowest BCUT2D eigenvalue weighted by molar-refractivity contribution is -0.146. The predicted molar refractivity (Wildman–Crippen MR) is 72.7 cm³/mol. The molecule has 2 aliphatic heterocycles. The number of ether oxygens (including phenoxy) is 1. The maximum Gasteiger partial charge on any atom is 0.262 e. The molecule has 2 fully saturated rings. The molecule has 2 N–H and O–H groups in total. The molecule has 0 saturated carbocycles. The number of morpholine rings is 1. The monoisotopic (exact) mass is 276 g/mol. The Balaban J connectivity index is 2.01. The first-order valence-corrected chi connectivity index (χ1v) is 6.42. The Morgan fingerprint density at radius 1 is 1.26 bits per heavy atom. The Labute approximate surface area is 115 Å². The molecule has 0 aliphatic carbocycles. The van der Waals surface area contributed by atoms with Crippen LogP contribution in [0.3, 0.4) is 0 Å². The Bertz CT molecular complexity index is 565. The minimum absolute atomic E-state index is 0.234. The number of carbonyl (C=O) groups is 2. The lowest BCUT2D eigenvalue weighted by Crippen LogP contribution is -2.52. The van der Waals surface area contributed by atoms with Crippen LogP contribution in [0.1, 0.15) is 18.4 Å². The van der Waals surface area contributed by atoms with Crippen LogP contribution >= 0.6 is 12.2 Å². The highest BCUT2D eigenvalue weighted by Crippen LogP contribution is 2.31. The van der Waals surface area contributed by atoms with E-state index in [0.29, 0.717) is 24.1 Å². The first-order valence-electron chi connectivity index (χ1n) is 6.01. The molecule has 0 aromatic heterocycles. The van der Waals surface area contributed by atoms with Crippen LogP contribution in [-0.4, -0.2) is 29.0 Å². The van der Waals surface area contributed by atoms with Crippen molar-refractivity contribution in [3.05, 3.63) is 29.8 Å². The Morgan fingerprint density at radius 3 is 2.47 bits per heavy atom. The number of hydrogen-bond acceptors (Lipinski definition) is 4. The van der Waals surface area contributed by atoms with Crippen molar-refractivity contribution in [2.45, 2.75) is 25.0 Å². The summed E-state index contributed by atoms with van der Waals surface area (Å²) in [7, 11) is 0. The van der Waals surface area contributed by atoms with E-state index in [2.05, 4.69) is 0 Å². The number of rotatable bonds is 2. The van der Waals surface area contributed by atoms with Gasteiger partial charge < -0.3 is 10.5 Å². The molecule has 5 nitrogen and oxygen atoms in total. The van der Waals surface area contributed by atoms with Crippen LogP contribution in [0.5, 0.6) is 0 Å². The fraction of sp³-hybridized carbons (Fsp3) is 0.308. The molecule has 2 unspecified atom stereocenters. The van der Waals surface area contributed by atoms with Gasteiger partial charge in [0.1, 0.15) is 17.2 Å². The highest BCUT2D eigenvalue weighted by molar-refractivity contribution is 7.80. The van der Waals surface area contributed by atoms with Gasteiger partial charge in [-0.3, -0.25) is 9.59 Å². The fourth-order valence-corrected chi connectivity index (χ4v) is 2.58. The van der Waals surface area contributed by atoms with Crippen molar-refractivity contribution >= 4 is 34.7 Å². The molecular formula is C13H12N2O3S. The van der Waals surface area contributed by atoms with E-state index < -0.39 is 12.2 Å². The average molecular weight is 276 g/mol. The zero-order valence-electron chi connectivity index (χ0n) is 10.0. The quantitative estimate of drug-likeness (QED) is 0.637. The number of nitrogens with two attached hydrogens (primary N) is 1. The van der Waals surface area contributed by atoms with Crippen molar-refractivity contribution < 1.29 is 14.3 Å². The summed E-state index contributed by atoms with van der Waals surface area (Å²) in [6.07, 6.45) is 0.189. The van der Waals surface area contributed by atoms with Crippen LogP contribution in [0, 0.1) is 0 Å². The maximum absolute atomic E-state index is 12.2. The molecule has 0 spiro atoms. The number of hydrogen-bond donors (Lipinski definition) is 1. The van der Waals surface area contributed by atoms with E-state index in [4.69, 9.17) is 22.7 Å². The molecular weight excluding hydrogens is 264 g/mol. The van der Waals surface area contributed by atoms with Gasteiger partial charge in [-0.2, -0.15) is 0 Å². The number of imide groups is 1. The SMILES string of the molecule is NC(=S)c1cccc(N2C(=O)C3CCC(O3)C2=O)c1.